The minimum atomic E-state index is -0.286. The predicted molar refractivity (Wildman–Crippen MR) is 113 cm³/mol. The van der Waals surface area contributed by atoms with Gasteiger partial charge in [0.25, 0.3) is 5.19 Å². The van der Waals surface area contributed by atoms with E-state index in [4.69, 9.17) is 14.2 Å². The second-order valence-electron chi connectivity index (χ2n) is 6.90. The summed E-state index contributed by atoms with van der Waals surface area (Å²) in [6.45, 7) is 1.15. The number of thiazole rings is 1. The van der Waals surface area contributed by atoms with Crippen molar-refractivity contribution in [2.75, 3.05) is 32.6 Å². The van der Waals surface area contributed by atoms with Gasteiger partial charge in [-0.25, -0.2) is 14.2 Å². The van der Waals surface area contributed by atoms with Crippen molar-refractivity contribution < 1.29 is 23.4 Å². The number of methoxy groups -OCH3 is 2. The number of hydrogen-bond donors (Lipinski definition) is 1. The van der Waals surface area contributed by atoms with Gasteiger partial charge in [-0.15, -0.1) is 0 Å². The molecule has 158 valence electrons. The average molecular weight is 431 g/mol. The van der Waals surface area contributed by atoms with E-state index >= 15 is 0 Å². The van der Waals surface area contributed by atoms with E-state index in [1.165, 1.54) is 23.5 Å². The van der Waals surface area contributed by atoms with Gasteiger partial charge in [0.1, 0.15) is 11.9 Å². The first kappa shape index (κ1) is 20.2. The summed E-state index contributed by atoms with van der Waals surface area (Å²) in [4.78, 5) is 18.7. The highest BCUT2D eigenvalue weighted by atomic mass is 32.1. The SMILES string of the molecule is COc1ccc(NC(=O)N2CCC(Oc3nc4ccc(F)cc4s3)CC2)cc1OC. The molecule has 0 radical (unpaired) electrons. The van der Waals surface area contributed by atoms with Crippen LogP contribution < -0.4 is 19.5 Å². The fourth-order valence-corrected chi connectivity index (χ4v) is 4.27. The number of piperidine rings is 1. The summed E-state index contributed by atoms with van der Waals surface area (Å²) in [5.41, 5.74) is 1.36. The molecule has 0 aliphatic carbocycles. The number of nitrogens with one attached hydrogen (secondary N) is 1. The summed E-state index contributed by atoms with van der Waals surface area (Å²) in [6, 6.07) is 9.57. The molecule has 1 fully saturated rings. The Morgan fingerprint density at radius 3 is 2.63 bits per heavy atom. The van der Waals surface area contributed by atoms with Crippen molar-refractivity contribution in [2.24, 2.45) is 0 Å². The molecular weight excluding hydrogens is 409 g/mol. The number of urea groups is 1. The lowest BCUT2D eigenvalue weighted by Crippen LogP contribution is -2.43. The van der Waals surface area contributed by atoms with Crippen LogP contribution >= 0.6 is 11.3 Å². The number of carbonyl (C=O) groups excluding carboxylic acids is 1. The Labute approximate surface area is 177 Å². The van der Waals surface area contributed by atoms with Gasteiger partial charge in [-0.2, -0.15) is 0 Å². The van der Waals surface area contributed by atoms with E-state index in [0.29, 0.717) is 48.3 Å². The number of fused-ring (bicyclic) bond motifs is 1. The number of ether oxygens (including phenoxy) is 3. The van der Waals surface area contributed by atoms with E-state index < -0.39 is 0 Å². The summed E-state index contributed by atoms with van der Waals surface area (Å²) in [5, 5.41) is 3.42. The standard InChI is InChI=1S/C21H22FN3O4S/c1-27-17-6-4-14(12-18(17)28-2)23-20(26)25-9-7-15(8-10-25)29-21-24-16-5-3-13(22)11-19(16)30-21/h3-6,11-12,15H,7-10H2,1-2H3,(H,23,26). The molecule has 9 heteroatoms. The first-order chi connectivity index (χ1) is 14.6. The maximum atomic E-state index is 13.3. The number of hydrogen-bond acceptors (Lipinski definition) is 6. The van der Waals surface area contributed by atoms with Gasteiger partial charge >= 0.3 is 6.03 Å². The van der Waals surface area contributed by atoms with Crippen molar-refractivity contribution in [3.05, 3.63) is 42.2 Å². The highest BCUT2D eigenvalue weighted by Crippen LogP contribution is 2.31. The van der Waals surface area contributed by atoms with Crippen LogP contribution in [0.2, 0.25) is 0 Å². The molecule has 3 aromatic rings. The minimum absolute atomic E-state index is 0.0273. The molecule has 0 spiro atoms. The Bertz CT molecular complexity index is 1050. The Kier molecular flexibility index (Phi) is 5.89. The zero-order valence-corrected chi connectivity index (χ0v) is 17.5. The molecule has 7 nitrogen and oxygen atoms in total. The van der Waals surface area contributed by atoms with Crippen LogP contribution in [0.25, 0.3) is 10.2 Å². The van der Waals surface area contributed by atoms with Gasteiger partial charge in [-0.05, 0) is 30.3 Å². The predicted octanol–water partition coefficient (Wildman–Crippen LogP) is 4.53. The van der Waals surface area contributed by atoms with Crippen molar-refractivity contribution in [3.8, 4) is 16.7 Å². The maximum absolute atomic E-state index is 13.3. The molecule has 1 aromatic heterocycles. The lowest BCUT2D eigenvalue weighted by molar-refractivity contribution is 0.115. The van der Waals surface area contributed by atoms with E-state index in [1.54, 1.807) is 43.4 Å². The quantitative estimate of drug-likeness (QED) is 0.643. The molecule has 1 aliphatic rings. The van der Waals surface area contributed by atoms with Gasteiger partial charge in [0, 0.05) is 37.7 Å². The summed E-state index contributed by atoms with van der Waals surface area (Å²) in [5.74, 6) is 0.871. The molecule has 4 rings (SSSR count). The molecule has 1 N–H and O–H groups in total. The van der Waals surface area contributed by atoms with Crippen molar-refractivity contribution in [1.82, 2.24) is 9.88 Å². The first-order valence-electron chi connectivity index (χ1n) is 9.56. The smallest absolute Gasteiger partial charge is 0.321 e. The van der Waals surface area contributed by atoms with E-state index in [2.05, 4.69) is 10.3 Å². The van der Waals surface area contributed by atoms with Gasteiger partial charge < -0.3 is 24.4 Å². The van der Waals surface area contributed by atoms with Gasteiger partial charge in [0.05, 0.1) is 24.4 Å². The average Bonchev–Trinajstić information content (AvgIpc) is 3.15. The van der Waals surface area contributed by atoms with E-state index in [1.807, 2.05) is 0 Å². The first-order valence-corrected chi connectivity index (χ1v) is 10.4. The third kappa shape index (κ3) is 4.40. The van der Waals surface area contributed by atoms with Crippen LogP contribution in [-0.2, 0) is 0 Å². The maximum Gasteiger partial charge on any atom is 0.321 e. The van der Waals surface area contributed by atoms with Crippen molar-refractivity contribution in [3.63, 3.8) is 0 Å². The molecule has 0 unspecified atom stereocenters. The highest BCUT2D eigenvalue weighted by molar-refractivity contribution is 7.20. The second-order valence-corrected chi connectivity index (χ2v) is 7.89. The lowest BCUT2D eigenvalue weighted by atomic mass is 10.1. The topological polar surface area (TPSA) is 72.9 Å². The number of amides is 2. The van der Waals surface area contributed by atoms with E-state index in [-0.39, 0.29) is 18.0 Å². The fourth-order valence-electron chi connectivity index (χ4n) is 3.36. The normalized spacial score (nSPS) is 14.6. The van der Waals surface area contributed by atoms with Crippen LogP contribution in [0.4, 0.5) is 14.9 Å². The molecule has 2 amide bonds. The zero-order valence-electron chi connectivity index (χ0n) is 16.7. The van der Waals surface area contributed by atoms with E-state index in [9.17, 15) is 9.18 Å². The molecule has 2 heterocycles. The summed E-state index contributed by atoms with van der Waals surface area (Å²) in [6.07, 6.45) is 1.37. The van der Waals surface area contributed by atoms with Crippen molar-refractivity contribution >= 4 is 33.3 Å². The molecule has 0 atom stereocenters. The number of rotatable bonds is 5. The third-order valence-corrected chi connectivity index (χ3v) is 5.87. The van der Waals surface area contributed by atoms with Crippen LogP contribution in [0.1, 0.15) is 12.8 Å². The summed E-state index contributed by atoms with van der Waals surface area (Å²) >= 11 is 1.33. The second kappa shape index (κ2) is 8.74. The Hall–Kier alpha value is -3.07. The zero-order chi connectivity index (χ0) is 21.1. The van der Waals surface area contributed by atoms with Gasteiger partial charge in [0.2, 0.25) is 0 Å². The summed E-state index contributed by atoms with van der Waals surface area (Å²) < 4.78 is 30.6. The number of likely N-dealkylation sites (tertiary alicyclic amines) is 1. The summed E-state index contributed by atoms with van der Waals surface area (Å²) in [7, 11) is 3.12. The largest absolute Gasteiger partial charge is 0.493 e. The highest BCUT2D eigenvalue weighted by Gasteiger charge is 2.25. The van der Waals surface area contributed by atoms with Crippen molar-refractivity contribution in [2.45, 2.75) is 18.9 Å². The molecule has 0 bridgehead atoms. The lowest BCUT2D eigenvalue weighted by Gasteiger charge is -2.31. The van der Waals surface area contributed by atoms with Crippen LogP contribution in [0.15, 0.2) is 36.4 Å². The minimum Gasteiger partial charge on any atom is -0.493 e. The number of halogens is 1. The number of benzene rings is 2. The molecular formula is C21H22FN3O4S. The Balaban J connectivity index is 1.32. The number of carbonyl (C=O) groups is 1. The van der Waals surface area contributed by atoms with E-state index in [0.717, 1.165) is 10.2 Å². The number of aromatic nitrogens is 1. The fraction of sp³-hybridized carbons (Fsp3) is 0.333. The van der Waals surface area contributed by atoms with Gasteiger partial charge in [-0.1, -0.05) is 11.3 Å². The van der Waals surface area contributed by atoms with Crippen LogP contribution in [0, 0.1) is 5.82 Å². The van der Waals surface area contributed by atoms with Crippen LogP contribution in [-0.4, -0.2) is 49.3 Å². The Morgan fingerprint density at radius 1 is 1.13 bits per heavy atom. The molecule has 0 saturated carbocycles. The van der Waals surface area contributed by atoms with Crippen LogP contribution in [0.5, 0.6) is 16.7 Å². The third-order valence-electron chi connectivity index (χ3n) is 4.96. The molecule has 2 aromatic carbocycles. The monoisotopic (exact) mass is 431 g/mol. The molecule has 1 aliphatic heterocycles. The van der Waals surface area contributed by atoms with Gasteiger partial charge in [0.15, 0.2) is 11.5 Å². The molecule has 1 saturated heterocycles. The molecule has 30 heavy (non-hydrogen) atoms. The van der Waals surface area contributed by atoms with Crippen LogP contribution in [0.3, 0.4) is 0 Å². The number of anilines is 1. The van der Waals surface area contributed by atoms with Crippen molar-refractivity contribution in [1.29, 1.82) is 0 Å². The van der Waals surface area contributed by atoms with Gasteiger partial charge in [-0.3, -0.25) is 0 Å². The Morgan fingerprint density at radius 2 is 1.90 bits per heavy atom. The number of nitrogens with zero attached hydrogens (tertiary/aromatic N) is 2.